The van der Waals surface area contributed by atoms with E-state index in [9.17, 15) is 38.8 Å². The largest absolute Gasteiger partial charge is 0.489 e. The zero-order valence-electron chi connectivity index (χ0n) is 40.5. The summed E-state index contributed by atoms with van der Waals surface area (Å²) in [5.41, 5.74) is 7.74. The number of nitriles is 1. The average Bonchev–Trinajstić information content (AvgIpc) is 3.61. The van der Waals surface area contributed by atoms with Gasteiger partial charge in [0.25, 0.3) is 23.6 Å². The van der Waals surface area contributed by atoms with Gasteiger partial charge in [0.1, 0.15) is 24.0 Å². The van der Waals surface area contributed by atoms with Crippen LogP contribution < -0.4 is 36.2 Å². The lowest BCUT2D eigenvalue weighted by Crippen LogP contribution is -2.74. The standard InChI is InChI=1S/C51H61ClN10O9/c1-50(2)47(51(3,4)48(50)71-36-11-7-33(27-53)39(52)26-36)57-43(65)32-5-8-34(9-6-32)59-19-15-31(16-20-59)29-58-21-23-60(24-22-58)35-10-12-37-38(25-35)45(67)62(44(37)66)40-13-14-42(64)61(46(40)68)30-70-49(69)56-18-17-55-41(63)28-54/h5-12,25-26,31,40,47-48H,13-24,28-30,54H2,1-4H3,(H,55,63)(H,56,69)(H,57,65). The Morgan fingerprint density at radius 3 is 2.11 bits per heavy atom. The van der Waals surface area contributed by atoms with Crippen molar-refractivity contribution >= 4 is 64.5 Å². The fraction of sp³-hybridized carbons (Fsp3) is 0.490. The minimum absolute atomic E-state index is 0.0198. The highest BCUT2D eigenvalue weighted by Gasteiger charge is 2.64. The summed E-state index contributed by atoms with van der Waals surface area (Å²) in [5, 5.41) is 17.7. The van der Waals surface area contributed by atoms with E-state index in [2.05, 4.69) is 64.4 Å². The molecule has 20 heteroatoms. The minimum atomic E-state index is -1.24. The topological polar surface area (TPSA) is 240 Å². The quantitative estimate of drug-likeness (QED) is 0.125. The second-order valence-electron chi connectivity index (χ2n) is 20.0. The normalized spacial score (nSPS) is 22.1. The number of likely N-dealkylation sites (tertiary alicyclic amines) is 1. The molecule has 3 saturated heterocycles. The highest BCUT2D eigenvalue weighted by molar-refractivity contribution is 6.31. The molecule has 0 aromatic heterocycles. The van der Waals surface area contributed by atoms with Crippen LogP contribution in [0.5, 0.6) is 5.75 Å². The maximum absolute atomic E-state index is 13.8. The maximum Gasteiger partial charge on any atom is 0.408 e. The number of anilines is 2. The summed E-state index contributed by atoms with van der Waals surface area (Å²) in [6.45, 7) is 13.5. The smallest absolute Gasteiger partial charge is 0.408 e. The number of piperazine rings is 1. The molecule has 1 saturated carbocycles. The molecule has 4 aliphatic heterocycles. The molecule has 3 aromatic rings. The molecule has 71 heavy (non-hydrogen) atoms. The van der Waals surface area contributed by atoms with Gasteiger partial charge in [-0.2, -0.15) is 5.26 Å². The van der Waals surface area contributed by atoms with Crippen LogP contribution in [-0.4, -0.2) is 147 Å². The van der Waals surface area contributed by atoms with E-state index in [1.54, 1.807) is 30.3 Å². The number of alkyl carbamates (subject to hydrolysis) is 1. The zero-order chi connectivity index (χ0) is 50.8. The molecule has 376 valence electrons. The summed E-state index contributed by atoms with van der Waals surface area (Å²) in [6.07, 6.45) is 0.770. The molecule has 1 atom stereocenters. The monoisotopic (exact) mass is 992 g/mol. The van der Waals surface area contributed by atoms with E-state index < -0.39 is 48.4 Å². The summed E-state index contributed by atoms with van der Waals surface area (Å²) in [4.78, 5) is 99.3. The molecule has 5 N–H and O–H groups in total. The molecule has 0 spiro atoms. The second-order valence-corrected chi connectivity index (χ2v) is 20.4. The van der Waals surface area contributed by atoms with Gasteiger partial charge in [-0.1, -0.05) is 39.3 Å². The molecule has 1 unspecified atom stereocenters. The number of rotatable bonds is 15. The van der Waals surface area contributed by atoms with E-state index in [0.717, 1.165) is 79.8 Å². The van der Waals surface area contributed by atoms with Crippen molar-refractivity contribution < 1.29 is 43.0 Å². The van der Waals surface area contributed by atoms with E-state index in [0.29, 0.717) is 27.8 Å². The Hall–Kier alpha value is -6.75. The third-order valence-corrected chi connectivity index (χ3v) is 15.0. The first-order valence-electron chi connectivity index (χ1n) is 24.1. The molecular formula is C51H61ClN10O9. The summed E-state index contributed by atoms with van der Waals surface area (Å²) < 4.78 is 11.5. The van der Waals surface area contributed by atoms with Crippen molar-refractivity contribution in [2.45, 2.75) is 71.6 Å². The summed E-state index contributed by atoms with van der Waals surface area (Å²) in [6, 6.07) is 18.7. The van der Waals surface area contributed by atoms with Crippen molar-refractivity contribution in [2.24, 2.45) is 22.5 Å². The van der Waals surface area contributed by atoms with Crippen LogP contribution in [-0.2, 0) is 19.1 Å². The second kappa shape index (κ2) is 20.9. The molecule has 4 heterocycles. The Bertz CT molecular complexity index is 2600. The maximum atomic E-state index is 13.8. The summed E-state index contributed by atoms with van der Waals surface area (Å²) >= 11 is 6.26. The van der Waals surface area contributed by atoms with Gasteiger partial charge in [-0.25, -0.2) is 9.69 Å². The number of amides is 7. The Morgan fingerprint density at radius 1 is 0.803 bits per heavy atom. The van der Waals surface area contributed by atoms with Crippen LogP contribution in [0.4, 0.5) is 16.2 Å². The zero-order valence-corrected chi connectivity index (χ0v) is 41.3. The first-order valence-corrected chi connectivity index (χ1v) is 24.5. The number of nitrogens with two attached hydrogens (primary N) is 1. The van der Waals surface area contributed by atoms with E-state index in [4.69, 9.17) is 26.8 Å². The van der Waals surface area contributed by atoms with Crippen molar-refractivity contribution in [1.29, 1.82) is 5.26 Å². The fourth-order valence-electron chi connectivity index (χ4n) is 11.1. The molecule has 19 nitrogen and oxygen atoms in total. The third-order valence-electron chi connectivity index (χ3n) is 14.7. The number of carbonyl (C=O) groups excluding carboxylic acids is 7. The number of ether oxygens (including phenoxy) is 2. The number of halogens is 1. The van der Waals surface area contributed by atoms with Crippen LogP contribution in [0.1, 0.15) is 90.0 Å². The van der Waals surface area contributed by atoms with Crippen LogP contribution in [0.2, 0.25) is 5.02 Å². The lowest BCUT2D eigenvalue weighted by atomic mass is 9.49. The molecule has 7 amide bonds. The van der Waals surface area contributed by atoms with E-state index >= 15 is 0 Å². The molecule has 1 aliphatic carbocycles. The van der Waals surface area contributed by atoms with Crippen LogP contribution >= 0.6 is 11.6 Å². The van der Waals surface area contributed by atoms with Crippen LogP contribution in [0.3, 0.4) is 0 Å². The van der Waals surface area contributed by atoms with Gasteiger partial charge in [-0.05, 0) is 79.8 Å². The molecule has 4 fully saturated rings. The third kappa shape index (κ3) is 10.5. The van der Waals surface area contributed by atoms with Gasteiger partial charge in [-0.3, -0.25) is 38.6 Å². The molecule has 8 rings (SSSR count). The Balaban J connectivity index is 0.771. The summed E-state index contributed by atoms with van der Waals surface area (Å²) in [7, 11) is 0. The highest BCUT2D eigenvalue weighted by atomic mass is 35.5. The van der Waals surface area contributed by atoms with Crippen LogP contribution in [0, 0.1) is 28.1 Å². The number of benzene rings is 3. The number of nitrogens with one attached hydrogen (secondary N) is 3. The number of imide groups is 2. The molecule has 0 bridgehead atoms. The van der Waals surface area contributed by atoms with E-state index in [1.807, 2.05) is 30.3 Å². The molecule has 5 aliphatic rings. The van der Waals surface area contributed by atoms with Crippen molar-refractivity contribution in [2.75, 3.05) is 82.0 Å². The number of nitrogens with zero attached hydrogens (tertiary/aromatic N) is 6. The number of fused-ring (bicyclic) bond motifs is 1. The molecule has 0 radical (unpaired) electrons. The van der Waals surface area contributed by atoms with Gasteiger partial charge in [-0.15, -0.1) is 0 Å². The van der Waals surface area contributed by atoms with Gasteiger partial charge < -0.3 is 41.0 Å². The number of carbonyl (C=O) groups is 7. The van der Waals surface area contributed by atoms with Gasteiger partial charge in [0.15, 0.2) is 6.73 Å². The first-order chi connectivity index (χ1) is 33.9. The lowest BCUT2D eigenvalue weighted by Gasteiger charge is -2.63. The molecular weight excluding hydrogens is 932 g/mol. The Labute approximate surface area is 417 Å². The van der Waals surface area contributed by atoms with Crippen molar-refractivity contribution in [3.05, 3.63) is 87.9 Å². The summed E-state index contributed by atoms with van der Waals surface area (Å²) in [5.74, 6) is -2.06. The van der Waals surface area contributed by atoms with Crippen LogP contribution in [0.25, 0.3) is 0 Å². The van der Waals surface area contributed by atoms with E-state index in [1.165, 1.54) is 0 Å². The number of hydrogen-bond acceptors (Lipinski definition) is 14. The predicted molar refractivity (Wildman–Crippen MR) is 263 cm³/mol. The minimum Gasteiger partial charge on any atom is -0.489 e. The van der Waals surface area contributed by atoms with Crippen molar-refractivity contribution in [3.8, 4) is 11.8 Å². The Kier molecular flexibility index (Phi) is 14.9. The van der Waals surface area contributed by atoms with Crippen molar-refractivity contribution in [3.63, 3.8) is 0 Å². The van der Waals surface area contributed by atoms with Crippen molar-refractivity contribution in [1.82, 2.24) is 30.7 Å². The SMILES string of the molecule is CC1(C)C(NC(=O)c2ccc(N3CCC(CN4CCN(c5ccc6c(c5)C(=O)N(C5CCC(=O)N(COC(=O)NCCNC(=O)CN)C5=O)C6=O)CC4)CC3)cc2)C(C)(C)C1Oc1ccc(C#N)c(Cl)c1. The fourth-order valence-corrected chi connectivity index (χ4v) is 11.3. The van der Waals surface area contributed by atoms with Crippen LogP contribution in [0.15, 0.2) is 60.7 Å². The van der Waals surface area contributed by atoms with Gasteiger partial charge in [0, 0.05) is 105 Å². The first kappa shape index (κ1) is 50.6. The highest BCUT2D eigenvalue weighted by Crippen LogP contribution is 2.55. The van der Waals surface area contributed by atoms with Gasteiger partial charge in [0.2, 0.25) is 11.8 Å². The average molecular weight is 994 g/mol. The predicted octanol–water partition coefficient (Wildman–Crippen LogP) is 3.73. The van der Waals surface area contributed by atoms with E-state index in [-0.39, 0.29) is 72.5 Å². The lowest BCUT2D eigenvalue weighted by molar-refractivity contribution is -0.164. The number of hydrogen-bond donors (Lipinski definition) is 4. The van der Waals surface area contributed by atoms with Gasteiger partial charge >= 0.3 is 6.09 Å². The van der Waals surface area contributed by atoms with Gasteiger partial charge in [0.05, 0.1) is 28.3 Å². The Morgan fingerprint density at radius 2 is 1.45 bits per heavy atom. The number of piperidine rings is 2. The molecule has 3 aromatic carbocycles.